The maximum Gasteiger partial charge on any atom is 0.254 e. The van der Waals surface area contributed by atoms with Crippen LogP contribution in [0, 0.1) is 5.82 Å². The predicted molar refractivity (Wildman–Crippen MR) is 106 cm³/mol. The monoisotopic (exact) mass is 414 g/mol. The molecule has 0 aromatic heterocycles. The zero-order chi connectivity index (χ0) is 20.6. The summed E-state index contributed by atoms with van der Waals surface area (Å²) in [7, 11) is -3.75. The van der Waals surface area contributed by atoms with Gasteiger partial charge in [0, 0.05) is 26.2 Å². The summed E-state index contributed by atoms with van der Waals surface area (Å²) in [5.74, 6) is -1.36. The smallest absolute Gasteiger partial charge is 0.254 e. The van der Waals surface area contributed by atoms with Crippen molar-refractivity contribution in [3.8, 4) is 0 Å². The van der Waals surface area contributed by atoms with Gasteiger partial charge < -0.3 is 10.1 Å². The SMILES string of the molecule is CCN(CC)S(=O)(=O)c1ccc(F)c(C(=O)NCCCOC2CCCCC2)c1. The molecule has 158 valence electrons. The second kappa shape index (κ2) is 10.9. The van der Waals surface area contributed by atoms with Crippen molar-refractivity contribution in [1.29, 1.82) is 0 Å². The van der Waals surface area contributed by atoms with Crippen molar-refractivity contribution in [3.63, 3.8) is 0 Å². The standard InChI is InChI=1S/C20H31FN2O4S/c1-3-23(4-2)28(25,26)17-11-12-19(21)18(15-17)20(24)22-13-8-14-27-16-9-6-5-7-10-16/h11-12,15-16H,3-10,13-14H2,1-2H3,(H,22,24). The molecule has 6 nitrogen and oxygen atoms in total. The second-order valence-electron chi connectivity index (χ2n) is 6.97. The Morgan fingerprint density at radius 3 is 2.54 bits per heavy atom. The third kappa shape index (κ3) is 5.99. The molecule has 0 bridgehead atoms. The zero-order valence-corrected chi connectivity index (χ0v) is 17.6. The van der Waals surface area contributed by atoms with Crippen molar-refractivity contribution in [3.05, 3.63) is 29.6 Å². The molecule has 0 spiro atoms. The van der Waals surface area contributed by atoms with E-state index in [1.54, 1.807) is 13.8 Å². The van der Waals surface area contributed by atoms with Crippen molar-refractivity contribution in [2.24, 2.45) is 0 Å². The lowest BCUT2D eigenvalue weighted by Crippen LogP contribution is -2.31. The molecule has 1 N–H and O–H groups in total. The van der Waals surface area contributed by atoms with Gasteiger partial charge in [-0.05, 0) is 37.5 Å². The molecule has 2 rings (SSSR count). The molecule has 0 heterocycles. The summed E-state index contributed by atoms with van der Waals surface area (Å²) < 4.78 is 46.3. The van der Waals surface area contributed by atoms with Gasteiger partial charge >= 0.3 is 0 Å². The van der Waals surface area contributed by atoms with Crippen molar-refractivity contribution in [2.75, 3.05) is 26.2 Å². The lowest BCUT2D eigenvalue weighted by atomic mass is 9.98. The van der Waals surface area contributed by atoms with Crippen LogP contribution in [0.3, 0.4) is 0 Å². The number of carbonyl (C=O) groups is 1. The molecule has 1 saturated carbocycles. The number of amides is 1. The minimum Gasteiger partial charge on any atom is -0.378 e. The van der Waals surface area contributed by atoms with Crippen LogP contribution in [-0.2, 0) is 14.8 Å². The van der Waals surface area contributed by atoms with E-state index >= 15 is 0 Å². The Morgan fingerprint density at radius 2 is 1.89 bits per heavy atom. The molecule has 1 aliphatic carbocycles. The van der Waals surface area contributed by atoms with Crippen LogP contribution in [0.2, 0.25) is 0 Å². The van der Waals surface area contributed by atoms with Crippen molar-refractivity contribution in [2.45, 2.75) is 63.4 Å². The van der Waals surface area contributed by atoms with Crippen molar-refractivity contribution < 1.29 is 22.3 Å². The molecular formula is C20H31FN2O4S. The molecule has 0 radical (unpaired) electrons. The van der Waals surface area contributed by atoms with E-state index in [1.165, 1.54) is 29.6 Å². The highest BCUT2D eigenvalue weighted by Crippen LogP contribution is 2.21. The number of hydrogen-bond donors (Lipinski definition) is 1. The first-order valence-corrected chi connectivity index (χ1v) is 11.5. The fourth-order valence-electron chi connectivity index (χ4n) is 3.40. The van der Waals surface area contributed by atoms with E-state index in [1.807, 2.05) is 0 Å². The maximum atomic E-state index is 14.1. The maximum absolute atomic E-state index is 14.1. The summed E-state index contributed by atoms with van der Waals surface area (Å²) in [5, 5.41) is 2.65. The fraction of sp³-hybridized carbons (Fsp3) is 0.650. The van der Waals surface area contributed by atoms with Gasteiger partial charge in [-0.15, -0.1) is 0 Å². The number of halogens is 1. The highest BCUT2D eigenvalue weighted by atomic mass is 32.2. The van der Waals surface area contributed by atoms with E-state index in [-0.39, 0.29) is 10.5 Å². The molecule has 1 aromatic rings. The van der Waals surface area contributed by atoms with Crippen LogP contribution in [0.25, 0.3) is 0 Å². The minimum absolute atomic E-state index is 0.0802. The summed E-state index contributed by atoms with van der Waals surface area (Å²) in [5.41, 5.74) is -0.263. The minimum atomic E-state index is -3.75. The van der Waals surface area contributed by atoms with Gasteiger partial charge in [-0.25, -0.2) is 12.8 Å². The molecule has 0 saturated heterocycles. The van der Waals surface area contributed by atoms with E-state index in [4.69, 9.17) is 4.74 Å². The van der Waals surface area contributed by atoms with Gasteiger partial charge in [0.15, 0.2) is 0 Å². The molecule has 1 aliphatic rings. The number of sulfonamides is 1. The molecular weight excluding hydrogens is 383 g/mol. The Balaban J connectivity index is 1.91. The summed E-state index contributed by atoms with van der Waals surface area (Å²) in [4.78, 5) is 12.2. The lowest BCUT2D eigenvalue weighted by molar-refractivity contribution is 0.0273. The number of nitrogens with one attached hydrogen (secondary N) is 1. The molecule has 0 aliphatic heterocycles. The van der Waals surface area contributed by atoms with E-state index in [0.29, 0.717) is 38.8 Å². The molecule has 0 atom stereocenters. The second-order valence-corrected chi connectivity index (χ2v) is 8.91. The zero-order valence-electron chi connectivity index (χ0n) is 16.7. The fourth-order valence-corrected chi connectivity index (χ4v) is 4.89. The van der Waals surface area contributed by atoms with Gasteiger partial charge in [0.25, 0.3) is 5.91 Å². The van der Waals surface area contributed by atoms with Crippen molar-refractivity contribution in [1.82, 2.24) is 9.62 Å². The van der Waals surface area contributed by atoms with Gasteiger partial charge in [0.1, 0.15) is 5.82 Å². The van der Waals surface area contributed by atoms with Gasteiger partial charge in [0.2, 0.25) is 10.0 Å². The number of benzene rings is 1. The van der Waals surface area contributed by atoms with Crippen LogP contribution in [0.4, 0.5) is 4.39 Å². The first-order chi connectivity index (χ1) is 13.4. The van der Waals surface area contributed by atoms with E-state index in [9.17, 15) is 17.6 Å². The summed E-state index contributed by atoms with van der Waals surface area (Å²) in [6, 6.07) is 3.33. The Hall–Kier alpha value is -1.51. The molecule has 1 aromatic carbocycles. The molecule has 8 heteroatoms. The third-order valence-electron chi connectivity index (χ3n) is 5.04. The third-order valence-corrected chi connectivity index (χ3v) is 7.08. The van der Waals surface area contributed by atoms with Gasteiger partial charge in [-0.1, -0.05) is 33.1 Å². The van der Waals surface area contributed by atoms with E-state index < -0.39 is 21.7 Å². The number of hydrogen-bond acceptors (Lipinski definition) is 4. The molecule has 1 fully saturated rings. The average molecular weight is 415 g/mol. The number of nitrogens with zero attached hydrogens (tertiary/aromatic N) is 1. The molecule has 1 amide bonds. The summed E-state index contributed by atoms with van der Waals surface area (Å²) >= 11 is 0. The topological polar surface area (TPSA) is 75.7 Å². The van der Waals surface area contributed by atoms with Crippen LogP contribution in [0.1, 0.15) is 62.7 Å². The highest BCUT2D eigenvalue weighted by Gasteiger charge is 2.24. The average Bonchev–Trinajstić information content (AvgIpc) is 2.69. The van der Waals surface area contributed by atoms with Gasteiger partial charge in [-0.3, -0.25) is 4.79 Å². The Bertz CT molecular complexity index is 745. The largest absolute Gasteiger partial charge is 0.378 e. The first kappa shape index (κ1) is 22.8. The van der Waals surface area contributed by atoms with Crippen LogP contribution < -0.4 is 5.32 Å². The summed E-state index contributed by atoms with van der Waals surface area (Å²) in [6.45, 7) is 4.96. The molecule has 0 unspecified atom stereocenters. The van der Waals surface area contributed by atoms with Gasteiger partial charge in [-0.2, -0.15) is 4.31 Å². The van der Waals surface area contributed by atoms with Crippen LogP contribution in [0.15, 0.2) is 23.1 Å². The normalized spacial score (nSPS) is 15.7. The summed E-state index contributed by atoms with van der Waals surface area (Å²) in [6.07, 6.45) is 6.78. The van der Waals surface area contributed by atoms with Crippen molar-refractivity contribution >= 4 is 15.9 Å². The highest BCUT2D eigenvalue weighted by molar-refractivity contribution is 7.89. The Morgan fingerprint density at radius 1 is 1.21 bits per heavy atom. The van der Waals surface area contributed by atoms with Crippen LogP contribution in [-0.4, -0.2) is 51.0 Å². The van der Waals surface area contributed by atoms with E-state index in [0.717, 1.165) is 25.0 Å². The predicted octanol–water partition coefficient (Wildman–Crippen LogP) is 3.33. The lowest BCUT2D eigenvalue weighted by Gasteiger charge is -2.22. The number of rotatable bonds is 10. The number of carbonyl (C=O) groups excluding carboxylic acids is 1. The van der Waals surface area contributed by atoms with Gasteiger partial charge in [0.05, 0.1) is 16.6 Å². The van der Waals surface area contributed by atoms with Crippen LogP contribution >= 0.6 is 0 Å². The Kier molecular flexibility index (Phi) is 8.85. The van der Waals surface area contributed by atoms with E-state index in [2.05, 4.69) is 5.32 Å². The number of ether oxygens (including phenoxy) is 1. The molecule has 28 heavy (non-hydrogen) atoms. The quantitative estimate of drug-likeness (QED) is 0.596. The first-order valence-electron chi connectivity index (χ1n) is 10.1. The Labute approximate surface area is 167 Å². The van der Waals surface area contributed by atoms with Crippen LogP contribution in [0.5, 0.6) is 0 Å².